The highest BCUT2D eigenvalue weighted by Crippen LogP contribution is 2.33. The summed E-state index contributed by atoms with van der Waals surface area (Å²) in [7, 11) is 0. The molecule has 2 rings (SSSR count). The first-order chi connectivity index (χ1) is 8.20. The number of nitriles is 1. The van der Waals surface area contributed by atoms with E-state index in [-0.39, 0.29) is 5.41 Å². The molecule has 1 aromatic heterocycles. The molecule has 0 aromatic carbocycles. The summed E-state index contributed by atoms with van der Waals surface area (Å²) in [6.07, 6.45) is 3.65. The maximum absolute atomic E-state index is 9.51. The summed E-state index contributed by atoms with van der Waals surface area (Å²) in [4.78, 5) is 6.85. The molecule has 0 spiro atoms. The van der Waals surface area contributed by atoms with Gasteiger partial charge in [-0.3, -0.25) is 4.98 Å². The zero-order valence-corrected chi connectivity index (χ0v) is 10.6. The molecule has 0 unspecified atom stereocenters. The average molecular weight is 229 g/mol. The molecule has 0 bridgehead atoms. The predicted octanol–water partition coefficient (Wildman–Crippen LogP) is 2.27. The van der Waals surface area contributed by atoms with Crippen molar-refractivity contribution < 1.29 is 0 Å². The van der Waals surface area contributed by atoms with Crippen molar-refractivity contribution in [3.05, 3.63) is 29.6 Å². The van der Waals surface area contributed by atoms with Gasteiger partial charge in [-0.25, -0.2) is 0 Å². The number of piperidine rings is 1. The van der Waals surface area contributed by atoms with Crippen molar-refractivity contribution in [3.8, 4) is 6.07 Å². The van der Waals surface area contributed by atoms with Crippen molar-refractivity contribution in [1.29, 1.82) is 5.26 Å². The third-order valence-corrected chi connectivity index (χ3v) is 3.77. The van der Waals surface area contributed by atoms with Gasteiger partial charge >= 0.3 is 0 Å². The van der Waals surface area contributed by atoms with Crippen LogP contribution in [0.3, 0.4) is 0 Å². The van der Waals surface area contributed by atoms with Crippen LogP contribution in [0.4, 0.5) is 0 Å². The number of rotatable bonds is 2. The van der Waals surface area contributed by atoms with Crippen LogP contribution in [0.15, 0.2) is 18.3 Å². The zero-order valence-electron chi connectivity index (χ0n) is 10.6. The van der Waals surface area contributed by atoms with E-state index in [1.165, 1.54) is 0 Å². The summed E-state index contributed by atoms with van der Waals surface area (Å²) in [5, 5.41) is 9.51. The van der Waals surface area contributed by atoms with Crippen molar-refractivity contribution >= 4 is 0 Å². The third-order valence-electron chi connectivity index (χ3n) is 3.77. The highest BCUT2D eigenvalue weighted by atomic mass is 15.1. The van der Waals surface area contributed by atoms with Gasteiger partial charge in [0.2, 0.25) is 0 Å². The molecule has 1 aromatic rings. The molecule has 0 amide bonds. The largest absolute Gasteiger partial charge is 0.303 e. The van der Waals surface area contributed by atoms with E-state index in [0.717, 1.165) is 43.7 Å². The van der Waals surface area contributed by atoms with Crippen molar-refractivity contribution in [2.45, 2.75) is 32.1 Å². The van der Waals surface area contributed by atoms with Gasteiger partial charge in [0.25, 0.3) is 0 Å². The van der Waals surface area contributed by atoms with Crippen molar-refractivity contribution in [2.24, 2.45) is 0 Å². The van der Waals surface area contributed by atoms with Gasteiger partial charge in [0.1, 0.15) is 5.41 Å². The highest BCUT2D eigenvalue weighted by molar-refractivity contribution is 5.28. The quantitative estimate of drug-likeness (QED) is 0.781. The molecule has 2 heterocycles. The number of hydrogen-bond acceptors (Lipinski definition) is 3. The Morgan fingerprint density at radius 1 is 1.41 bits per heavy atom. The van der Waals surface area contributed by atoms with Gasteiger partial charge in [0.05, 0.1) is 11.8 Å². The molecule has 1 saturated heterocycles. The molecule has 0 atom stereocenters. The number of pyridine rings is 1. The predicted molar refractivity (Wildman–Crippen MR) is 67.6 cm³/mol. The minimum Gasteiger partial charge on any atom is -0.303 e. The normalized spacial score (nSPS) is 19.8. The minimum absolute atomic E-state index is 0.362. The Bertz CT molecular complexity index is 408. The fraction of sp³-hybridized carbons (Fsp3) is 0.571. The molecule has 3 heteroatoms. The van der Waals surface area contributed by atoms with Crippen LogP contribution in [0.1, 0.15) is 31.0 Å². The summed E-state index contributed by atoms with van der Waals surface area (Å²) in [6, 6.07) is 6.57. The van der Waals surface area contributed by atoms with E-state index in [1.807, 2.05) is 25.3 Å². The molecule has 1 aliphatic heterocycles. The summed E-state index contributed by atoms with van der Waals surface area (Å²) >= 11 is 0. The van der Waals surface area contributed by atoms with E-state index in [9.17, 15) is 5.26 Å². The summed E-state index contributed by atoms with van der Waals surface area (Å²) in [5.41, 5.74) is 1.73. The van der Waals surface area contributed by atoms with Gasteiger partial charge in [0, 0.05) is 19.3 Å². The zero-order chi connectivity index (χ0) is 12.3. The lowest BCUT2D eigenvalue weighted by Gasteiger charge is -2.36. The molecule has 0 N–H and O–H groups in total. The molecular formula is C14H19N3. The van der Waals surface area contributed by atoms with E-state index in [0.29, 0.717) is 0 Å². The lowest BCUT2D eigenvalue weighted by molar-refractivity contribution is 0.192. The minimum atomic E-state index is -0.362. The van der Waals surface area contributed by atoms with Crippen LogP contribution in [0.2, 0.25) is 0 Å². The Morgan fingerprint density at radius 3 is 2.59 bits per heavy atom. The Balaban J connectivity index is 2.22. The van der Waals surface area contributed by atoms with E-state index >= 15 is 0 Å². The molecule has 3 nitrogen and oxygen atoms in total. The number of nitrogens with zero attached hydrogens (tertiary/aromatic N) is 3. The number of hydrogen-bond donors (Lipinski definition) is 0. The maximum atomic E-state index is 9.51. The van der Waals surface area contributed by atoms with Gasteiger partial charge in [-0.15, -0.1) is 0 Å². The lowest BCUT2D eigenvalue weighted by Crippen LogP contribution is -2.42. The summed E-state index contributed by atoms with van der Waals surface area (Å²) in [6.45, 7) is 7.26. The molecule has 90 valence electrons. The SMILES string of the molecule is CCN1CCC(C#N)(c2ccc(C)cn2)CC1. The van der Waals surface area contributed by atoms with Crippen LogP contribution >= 0.6 is 0 Å². The summed E-state index contributed by atoms with van der Waals surface area (Å²) in [5.74, 6) is 0. The van der Waals surface area contributed by atoms with E-state index in [4.69, 9.17) is 0 Å². The Labute approximate surface area is 103 Å². The van der Waals surface area contributed by atoms with Gasteiger partial charge in [-0.1, -0.05) is 13.0 Å². The van der Waals surface area contributed by atoms with E-state index in [2.05, 4.69) is 22.9 Å². The second kappa shape index (κ2) is 4.85. The second-order valence-corrected chi connectivity index (χ2v) is 4.85. The van der Waals surface area contributed by atoms with Crippen LogP contribution in [-0.4, -0.2) is 29.5 Å². The van der Waals surface area contributed by atoms with Crippen molar-refractivity contribution in [3.63, 3.8) is 0 Å². The third kappa shape index (κ3) is 2.32. The van der Waals surface area contributed by atoms with Crippen molar-refractivity contribution in [2.75, 3.05) is 19.6 Å². The van der Waals surface area contributed by atoms with Crippen LogP contribution in [0.5, 0.6) is 0 Å². The Kier molecular flexibility index (Phi) is 3.44. The molecule has 0 saturated carbocycles. The average Bonchev–Trinajstić information content (AvgIpc) is 2.40. The number of aryl methyl sites for hydroxylation is 1. The number of aromatic nitrogens is 1. The molecular weight excluding hydrogens is 210 g/mol. The second-order valence-electron chi connectivity index (χ2n) is 4.85. The van der Waals surface area contributed by atoms with Crippen LogP contribution < -0.4 is 0 Å². The first-order valence-corrected chi connectivity index (χ1v) is 6.27. The van der Waals surface area contributed by atoms with Gasteiger partial charge in [-0.2, -0.15) is 5.26 Å². The number of likely N-dealkylation sites (tertiary alicyclic amines) is 1. The molecule has 0 radical (unpaired) electrons. The van der Waals surface area contributed by atoms with Gasteiger partial charge in [-0.05, 0) is 37.9 Å². The fourth-order valence-corrected chi connectivity index (χ4v) is 2.43. The van der Waals surface area contributed by atoms with E-state index < -0.39 is 0 Å². The van der Waals surface area contributed by atoms with Crippen LogP contribution in [0.25, 0.3) is 0 Å². The van der Waals surface area contributed by atoms with Crippen LogP contribution in [-0.2, 0) is 5.41 Å². The summed E-state index contributed by atoms with van der Waals surface area (Å²) < 4.78 is 0. The van der Waals surface area contributed by atoms with Crippen LogP contribution in [0, 0.1) is 18.3 Å². The van der Waals surface area contributed by atoms with Gasteiger partial charge < -0.3 is 4.90 Å². The highest BCUT2D eigenvalue weighted by Gasteiger charge is 2.37. The molecule has 17 heavy (non-hydrogen) atoms. The monoisotopic (exact) mass is 229 g/mol. The topological polar surface area (TPSA) is 39.9 Å². The Morgan fingerprint density at radius 2 is 2.12 bits per heavy atom. The van der Waals surface area contributed by atoms with E-state index in [1.54, 1.807) is 0 Å². The molecule has 1 fully saturated rings. The maximum Gasteiger partial charge on any atom is 0.102 e. The lowest BCUT2D eigenvalue weighted by atomic mass is 9.76. The Hall–Kier alpha value is -1.40. The standard InChI is InChI=1S/C14H19N3/c1-3-17-8-6-14(11-15,7-9-17)13-5-4-12(2)10-16-13/h4-5,10H,3,6-9H2,1-2H3. The first kappa shape index (κ1) is 12.1. The molecule has 0 aliphatic carbocycles. The molecule has 1 aliphatic rings. The fourth-order valence-electron chi connectivity index (χ4n) is 2.43. The first-order valence-electron chi connectivity index (χ1n) is 6.27. The van der Waals surface area contributed by atoms with Crippen molar-refractivity contribution in [1.82, 2.24) is 9.88 Å². The van der Waals surface area contributed by atoms with Gasteiger partial charge in [0.15, 0.2) is 0 Å². The smallest absolute Gasteiger partial charge is 0.102 e.